The molecule has 0 saturated carbocycles. The summed E-state index contributed by atoms with van der Waals surface area (Å²) in [7, 11) is 1.61. The molecule has 144 valence electrons. The van der Waals surface area contributed by atoms with Gasteiger partial charge in [0.1, 0.15) is 6.04 Å². The van der Waals surface area contributed by atoms with E-state index >= 15 is 0 Å². The Morgan fingerprint density at radius 3 is 2.64 bits per heavy atom. The molecule has 5 nitrogen and oxygen atoms in total. The Morgan fingerprint density at radius 1 is 1.32 bits per heavy atom. The van der Waals surface area contributed by atoms with Gasteiger partial charge in [-0.15, -0.1) is 0 Å². The molecule has 2 aromatic rings. The number of aromatic nitrogens is 1. The van der Waals surface area contributed by atoms with Gasteiger partial charge in [-0.3, -0.25) is 9.79 Å². The van der Waals surface area contributed by atoms with Crippen molar-refractivity contribution in [2.75, 3.05) is 7.05 Å². The van der Waals surface area contributed by atoms with Crippen LogP contribution in [0.5, 0.6) is 0 Å². The van der Waals surface area contributed by atoms with Crippen LogP contribution in [-0.2, 0) is 4.79 Å². The van der Waals surface area contributed by atoms with Crippen molar-refractivity contribution >= 4 is 28.8 Å². The lowest BCUT2D eigenvalue weighted by Crippen LogP contribution is -2.20. The van der Waals surface area contributed by atoms with Crippen LogP contribution >= 0.6 is 11.6 Å². The third-order valence-electron chi connectivity index (χ3n) is 4.60. The molecule has 3 rings (SSSR count). The molecule has 0 radical (unpaired) electrons. The summed E-state index contributed by atoms with van der Waals surface area (Å²) in [6, 6.07) is 6.98. The van der Waals surface area contributed by atoms with E-state index in [0.717, 1.165) is 33.7 Å². The minimum atomic E-state index is -0.500. The normalized spacial score (nSPS) is 16.6. The smallest absolute Gasteiger partial charge is 0.222 e. The zero-order chi connectivity index (χ0) is 20.3. The fraction of sp³-hybridized carbons (Fsp3) is 0.227. The molecule has 0 fully saturated rings. The summed E-state index contributed by atoms with van der Waals surface area (Å²) in [6.07, 6.45) is 5.88. The summed E-state index contributed by atoms with van der Waals surface area (Å²) >= 11 is 6.07. The molecule has 1 aromatic heterocycles. The van der Waals surface area contributed by atoms with Crippen molar-refractivity contribution in [3.05, 3.63) is 82.2 Å². The molecule has 1 aliphatic heterocycles. The van der Waals surface area contributed by atoms with Crippen molar-refractivity contribution in [3.8, 4) is 0 Å². The van der Waals surface area contributed by atoms with Crippen LogP contribution in [0, 0.1) is 6.92 Å². The van der Waals surface area contributed by atoms with Crippen molar-refractivity contribution in [2.45, 2.75) is 26.3 Å². The second kappa shape index (κ2) is 8.40. The van der Waals surface area contributed by atoms with Crippen molar-refractivity contribution in [1.82, 2.24) is 10.5 Å². The number of hydrogen-bond acceptors (Lipinski definition) is 4. The second-order valence-corrected chi connectivity index (χ2v) is 6.85. The Hall–Kier alpha value is -2.92. The highest BCUT2D eigenvalue weighted by molar-refractivity contribution is 6.30. The van der Waals surface area contributed by atoms with E-state index in [-0.39, 0.29) is 12.3 Å². The monoisotopic (exact) mass is 395 g/mol. The van der Waals surface area contributed by atoms with Gasteiger partial charge in [0.2, 0.25) is 5.91 Å². The van der Waals surface area contributed by atoms with Gasteiger partial charge in [-0.25, -0.2) is 0 Å². The lowest BCUT2D eigenvalue weighted by molar-refractivity contribution is -0.121. The van der Waals surface area contributed by atoms with Crippen molar-refractivity contribution in [1.29, 1.82) is 0 Å². The molecular formula is C22H22ClN3O2. The Bertz CT molecular complexity index is 997. The molecular weight excluding hydrogens is 374 g/mol. The Labute approximate surface area is 169 Å². The van der Waals surface area contributed by atoms with Crippen LogP contribution in [0.2, 0.25) is 5.02 Å². The first-order valence-corrected chi connectivity index (χ1v) is 9.38. The highest BCUT2D eigenvalue weighted by Crippen LogP contribution is 2.39. The van der Waals surface area contributed by atoms with Crippen molar-refractivity contribution in [3.63, 3.8) is 0 Å². The third kappa shape index (κ3) is 3.71. The highest BCUT2D eigenvalue weighted by Gasteiger charge is 2.31. The van der Waals surface area contributed by atoms with Crippen LogP contribution in [0.4, 0.5) is 0 Å². The van der Waals surface area contributed by atoms with E-state index < -0.39 is 6.04 Å². The highest BCUT2D eigenvalue weighted by atomic mass is 35.5. The third-order valence-corrected chi connectivity index (χ3v) is 4.86. The maximum Gasteiger partial charge on any atom is 0.222 e. The van der Waals surface area contributed by atoms with E-state index in [2.05, 4.69) is 17.1 Å². The van der Waals surface area contributed by atoms with E-state index in [9.17, 15) is 4.79 Å². The van der Waals surface area contributed by atoms with Crippen LogP contribution in [0.15, 0.2) is 64.2 Å². The quantitative estimate of drug-likeness (QED) is 0.788. The van der Waals surface area contributed by atoms with E-state index in [1.54, 1.807) is 13.1 Å². The first-order chi connectivity index (χ1) is 13.5. The predicted octanol–water partition coefficient (Wildman–Crippen LogP) is 4.83. The zero-order valence-corrected chi connectivity index (χ0v) is 16.9. The van der Waals surface area contributed by atoms with Crippen LogP contribution in [0.25, 0.3) is 5.57 Å². The van der Waals surface area contributed by atoms with Crippen molar-refractivity contribution < 1.29 is 9.32 Å². The van der Waals surface area contributed by atoms with Crippen LogP contribution in [0.1, 0.15) is 42.0 Å². The molecule has 0 bridgehead atoms. The first-order valence-electron chi connectivity index (χ1n) is 9.00. The number of allylic oxidation sites excluding steroid dienone is 5. The Kier molecular flexibility index (Phi) is 5.95. The molecule has 6 heteroatoms. The molecule has 1 aliphatic rings. The molecule has 1 aromatic carbocycles. The SMILES string of the molecule is C=CC1=C(/C=C\C)C(c2ccc(Cl)cc2)=N[C@@H](CC(=O)NC)c2onc(C)c21. The Balaban J connectivity index is 2.31. The number of carbonyl (C=O) groups is 1. The second-order valence-electron chi connectivity index (χ2n) is 6.42. The summed E-state index contributed by atoms with van der Waals surface area (Å²) in [5, 5.41) is 7.43. The van der Waals surface area contributed by atoms with E-state index in [0.29, 0.717) is 10.8 Å². The summed E-state index contributed by atoms with van der Waals surface area (Å²) in [6.45, 7) is 7.83. The minimum absolute atomic E-state index is 0.126. The summed E-state index contributed by atoms with van der Waals surface area (Å²) in [5.41, 5.74) is 5.00. The van der Waals surface area contributed by atoms with Gasteiger partial charge < -0.3 is 9.84 Å². The fourth-order valence-corrected chi connectivity index (χ4v) is 3.42. The zero-order valence-electron chi connectivity index (χ0n) is 16.1. The summed E-state index contributed by atoms with van der Waals surface area (Å²) < 4.78 is 5.62. The lowest BCUT2D eigenvalue weighted by Gasteiger charge is -2.12. The number of carbonyl (C=O) groups excluding carboxylic acids is 1. The molecule has 2 heterocycles. The topological polar surface area (TPSA) is 67.5 Å². The number of nitrogens with one attached hydrogen (secondary N) is 1. The molecule has 1 amide bonds. The standard InChI is InChI=1S/C22H22ClN3O2/c1-5-7-17-16(6-2)20-13(3)26-28-22(20)18(12-19(27)24-4)25-21(17)14-8-10-15(23)11-9-14/h5-11,18H,2,12H2,1,3-4H3,(H,24,27)/b7-5-/t18-/m0/s1. The average Bonchev–Trinajstić information content (AvgIpc) is 3.01. The van der Waals surface area contributed by atoms with Gasteiger partial charge in [0, 0.05) is 23.2 Å². The average molecular weight is 396 g/mol. The van der Waals surface area contributed by atoms with Gasteiger partial charge in [0.05, 0.1) is 23.4 Å². The molecule has 1 atom stereocenters. The van der Waals surface area contributed by atoms with Crippen molar-refractivity contribution in [2.24, 2.45) is 4.99 Å². The number of rotatable bonds is 5. The molecule has 1 N–H and O–H groups in total. The lowest BCUT2D eigenvalue weighted by atomic mass is 9.92. The largest absolute Gasteiger partial charge is 0.359 e. The van der Waals surface area contributed by atoms with Crippen LogP contribution < -0.4 is 5.32 Å². The van der Waals surface area contributed by atoms with E-state index in [4.69, 9.17) is 21.1 Å². The fourth-order valence-electron chi connectivity index (χ4n) is 3.29. The van der Waals surface area contributed by atoms with Gasteiger partial charge in [-0.05, 0) is 31.6 Å². The molecule has 0 saturated heterocycles. The number of halogens is 1. The van der Waals surface area contributed by atoms with Gasteiger partial charge in [-0.1, -0.05) is 53.7 Å². The summed E-state index contributed by atoms with van der Waals surface area (Å²) in [5.74, 6) is 0.445. The number of amides is 1. The van der Waals surface area contributed by atoms with Crippen LogP contribution in [0.3, 0.4) is 0 Å². The van der Waals surface area contributed by atoms with Crippen LogP contribution in [-0.4, -0.2) is 23.8 Å². The van der Waals surface area contributed by atoms with Gasteiger partial charge in [-0.2, -0.15) is 0 Å². The molecule has 0 aliphatic carbocycles. The first kappa shape index (κ1) is 19.8. The molecule has 0 spiro atoms. The van der Waals surface area contributed by atoms with E-state index in [1.807, 2.05) is 50.3 Å². The Morgan fingerprint density at radius 2 is 2.04 bits per heavy atom. The van der Waals surface area contributed by atoms with Gasteiger partial charge >= 0.3 is 0 Å². The number of nitrogens with zero attached hydrogens (tertiary/aromatic N) is 2. The van der Waals surface area contributed by atoms with Gasteiger partial charge in [0.25, 0.3) is 0 Å². The van der Waals surface area contributed by atoms with E-state index in [1.165, 1.54) is 0 Å². The van der Waals surface area contributed by atoms with Gasteiger partial charge in [0.15, 0.2) is 5.76 Å². The molecule has 0 unspecified atom stereocenters. The number of fused-ring (bicyclic) bond motifs is 1. The predicted molar refractivity (Wildman–Crippen MR) is 113 cm³/mol. The number of benzene rings is 1. The number of aliphatic imine (C=N–C) groups is 1. The molecule has 28 heavy (non-hydrogen) atoms. The maximum atomic E-state index is 12.1. The maximum absolute atomic E-state index is 12.1. The number of aryl methyl sites for hydroxylation is 1. The summed E-state index contributed by atoms with van der Waals surface area (Å²) in [4.78, 5) is 17.1. The minimum Gasteiger partial charge on any atom is -0.359 e. The number of hydrogen-bond donors (Lipinski definition) is 1.